The lowest BCUT2D eigenvalue weighted by Gasteiger charge is -2.20. The van der Waals surface area contributed by atoms with E-state index in [2.05, 4.69) is 20.9 Å². The maximum Gasteiger partial charge on any atom is 0.146 e. The van der Waals surface area contributed by atoms with E-state index in [4.69, 9.17) is 4.74 Å². The number of carbonyl (C=O) groups excluding carboxylic acids is 1. The predicted molar refractivity (Wildman–Crippen MR) is 55.1 cm³/mol. The zero-order chi connectivity index (χ0) is 9.97. The maximum absolute atomic E-state index is 11.5. The molecule has 14 heavy (non-hydrogen) atoms. The van der Waals surface area contributed by atoms with Crippen molar-refractivity contribution in [1.29, 1.82) is 0 Å². The number of Topliss-reactive ketones (excluding diaryl/α,β-unsaturated/α-hetero) is 1. The van der Waals surface area contributed by atoms with Crippen LogP contribution in [-0.2, 0) is 9.53 Å². The number of hydrogen-bond acceptors (Lipinski definition) is 3. The van der Waals surface area contributed by atoms with Crippen LogP contribution in [-0.4, -0.2) is 24.0 Å². The molecule has 1 aromatic rings. The summed E-state index contributed by atoms with van der Waals surface area (Å²) in [6, 6.07) is 3.76. The summed E-state index contributed by atoms with van der Waals surface area (Å²) in [5.74, 6) is 0.0583. The van der Waals surface area contributed by atoms with E-state index in [0.29, 0.717) is 19.6 Å². The van der Waals surface area contributed by atoms with E-state index < -0.39 is 0 Å². The van der Waals surface area contributed by atoms with Crippen LogP contribution in [0.25, 0.3) is 0 Å². The van der Waals surface area contributed by atoms with Crippen molar-refractivity contribution in [2.24, 2.45) is 0 Å². The highest BCUT2D eigenvalue weighted by Crippen LogP contribution is 2.21. The van der Waals surface area contributed by atoms with Gasteiger partial charge in [-0.25, -0.2) is 0 Å². The molecule has 0 aromatic carbocycles. The summed E-state index contributed by atoms with van der Waals surface area (Å²) in [5.41, 5.74) is 0.804. The van der Waals surface area contributed by atoms with E-state index >= 15 is 0 Å². The van der Waals surface area contributed by atoms with Crippen LogP contribution < -0.4 is 0 Å². The third-order valence-corrected chi connectivity index (χ3v) is 2.74. The molecule has 1 fully saturated rings. The van der Waals surface area contributed by atoms with Crippen LogP contribution in [0.3, 0.4) is 0 Å². The molecule has 1 unspecified atom stereocenters. The van der Waals surface area contributed by atoms with Gasteiger partial charge in [-0.2, -0.15) is 0 Å². The number of carbonyl (C=O) groups is 1. The largest absolute Gasteiger partial charge is 0.380 e. The van der Waals surface area contributed by atoms with Crippen LogP contribution in [0.5, 0.6) is 0 Å². The number of hydrogen-bond donors (Lipinski definition) is 0. The summed E-state index contributed by atoms with van der Waals surface area (Å²) >= 11 is 3.31. The van der Waals surface area contributed by atoms with Gasteiger partial charge in [0, 0.05) is 17.1 Å². The van der Waals surface area contributed by atoms with Gasteiger partial charge in [0.2, 0.25) is 0 Å². The standard InChI is InChI=1S/C10H10BrNO2/c11-7-1-2-9(12-5-7)8-6-14-4-3-10(8)13/h1-2,5,8H,3-4,6H2. The molecule has 0 aliphatic carbocycles. The van der Waals surface area contributed by atoms with E-state index in [-0.39, 0.29) is 11.7 Å². The summed E-state index contributed by atoms with van der Waals surface area (Å²) in [7, 11) is 0. The minimum atomic E-state index is -0.170. The Morgan fingerprint density at radius 2 is 2.36 bits per heavy atom. The van der Waals surface area contributed by atoms with Crippen molar-refractivity contribution in [3.8, 4) is 0 Å². The first-order valence-corrected chi connectivity index (χ1v) is 5.28. The fraction of sp³-hybridized carbons (Fsp3) is 0.400. The van der Waals surface area contributed by atoms with E-state index in [1.807, 2.05) is 12.1 Å². The fourth-order valence-corrected chi connectivity index (χ4v) is 1.72. The summed E-state index contributed by atoms with van der Waals surface area (Å²) in [4.78, 5) is 15.8. The van der Waals surface area contributed by atoms with Gasteiger partial charge in [0.05, 0.1) is 24.8 Å². The minimum absolute atomic E-state index is 0.170. The Morgan fingerprint density at radius 1 is 1.50 bits per heavy atom. The van der Waals surface area contributed by atoms with Crippen LogP contribution in [0, 0.1) is 0 Å². The van der Waals surface area contributed by atoms with Crippen molar-refractivity contribution in [2.75, 3.05) is 13.2 Å². The van der Waals surface area contributed by atoms with Crippen LogP contribution in [0.2, 0.25) is 0 Å². The predicted octanol–water partition coefficient (Wildman–Crippen LogP) is 1.92. The van der Waals surface area contributed by atoms with Gasteiger partial charge in [-0.05, 0) is 28.1 Å². The van der Waals surface area contributed by atoms with Crippen LogP contribution in [0.1, 0.15) is 18.0 Å². The van der Waals surface area contributed by atoms with Gasteiger partial charge in [0.15, 0.2) is 0 Å². The molecule has 1 aromatic heterocycles. The number of halogens is 1. The summed E-state index contributed by atoms with van der Waals surface area (Å²) < 4.78 is 6.19. The Kier molecular flexibility index (Phi) is 2.93. The number of ketones is 1. The van der Waals surface area contributed by atoms with Crippen molar-refractivity contribution in [3.63, 3.8) is 0 Å². The molecule has 1 aliphatic rings. The highest BCUT2D eigenvalue weighted by atomic mass is 79.9. The first kappa shape index (κ1) is 9.80. The summed E-state index contributed by atoms with van der Waals surface area (Å²) in [6.45, 7) is 1.01. The second-order valence-corrected chi connectivity index (χ2v) is 4.16. The lowest BCUT2D eigenvalue weighted by Crippen LogP contribution is -2.26. The van der Waals surface area contributed by atoms with E-state index in [1.165, 1.54) is 0 Å². The molecule has 3 nitrogen and oxygen atoms in total. The highest BCUT2D eigenvalue weighted by Gasteiger charge is 2.25. The zero-order valence-corrected chi connectivity index (χ0v) is 9.16. The number of pyridine rings is 1. The molecule has 74 valence electrons. The molecule has 0 saturated carbocycles. The van der Waals surface area contributed by atoms with Crippen molar-refractivity contribution in [3.05, 3.63) is 28.5 Å². The van der Waals surface area contributed by atoms with Crippen molar-refractivity contribution < 1.29 is 9.53 Å². The Labute approximate surface area is 90.6 Å². The van der Waals surface area contributed by atoms with Gasteiger partial charge >= 0.3 is 0 Å². The van der Waals surface area contributed by atoms with Crippen molar-refractivity contribution in [1.82, 2.24) is 4.98 Å². The van der Waals surface area contributed by atoms with Crippen molar-refractivity contribution in [2.45, 2.75) is 12.3 Å². The molecular weight excluding hydrogens is 246 g/mol. The van der Waals surface area contributed by atoms with Crippen LogP contribution >= 0.6 is 15.9 Å². The highest BCUT2D eigenvalue weighted by molar-refractivity contribution is 9.10. The molecule has 0 spiro atoms. The molecule has 1 saturated heterocycles. The van der Waals surface area contributed by atoms with Gasteiger partial charge in [0.1, 0.15) is 5.78 Å². The lowest BCUT2D eigenvalue weighted by molar-refractivity contribution is -0.126. The first-order valence-electron chi connectivity index (χ1n) is 4.49. The van der Waals surface area contributed by atoms with E-state index in [9.17, 15) is 4.79 Å². The molecule has 0 bridgehead atoms. The molecule has 0 amide bonds. The molecule has 4 heteroatoms. The molecule has 0 N–H and O–H groups in total. The molecular formula is C10H10BrNO2. The van der Waals surface area contributed by atoms with Gasteiger partial charge in [-0.1, -0.05) is 0 Å². The Bertz CT molecular complexity index is 336. The molecule has 2 heterocycles. The number of rotatable bonds is 1. The zero-order valence-electron chi connectivity index (χ0n) is 7.57. The third-order valence-electron chi connectivity index (χ3n) is 2.27. The number of ether oxygens (including phenoxy) is 1. The Hall–Kier alpha value is -0.740. The Balaban J connectivity index is 2.20. The molecule has 2 rings (SSSR count). The quantitative estimate of drug-likeness (QED) is 0.770. The summed E-state index contributed by atoms with van der Waals surface area (Å²) in [6.07, 6.45) is 2.21. The van der Waals surface area contributed by atoms with Gasteiger partial charge in [-0.3, -0.25) is 9.78 Å². The summed E-state index contributed by atoms with van der Waals surface area (Å²) in [5, 5.41) is 0. The van der Waals surface area contributed by atoms with Crippen molar-refractivity contribution >= 4 is 21.7 Å². The van der Waals surface area contributed by atoms with Gasteiger partial charge in [0.25, 0.3) is 0 Å². The van der Waals surface area contributed by atoms with Gasteiger partial charge < -0.3 is 4.74 Å². The lowest BCUT2D eigenvalue weighted by atomic mass is 9.96. The second-order valence-electron chi connectivity index (χ2n) is 3.25. The fourth-order valence-electron chi connectivity index (χ4n) is 1.48. The smallest absolute Gasteiger partial charge is 0.146 e. The topological polar surface area (TPSA) is 39.2 Å². The minimum Gasteiger partial charge on any atom is -0.380 e. The number of nitrogens with zero attached hydrogens (tertiary/aromatic N) is 1. The van der Waals surface area contributed by atoms with Gasteiger partial charge in [-0.15, -0.1) is 0 Å². The normalized spacial score (nSPS) is 22.4. The maximum atomic E-state index is 11.5. The van der Waals surface area contributed by atoms with E-state index in [0.717, 1.165) is 10.2 Å². The van der Waals surface area contributed by atoms with E-state index in [1.54, 1.807) is 6.20 Å². The SMILES string of the molecule is O=C1CCOCC1c1ccc(Br)cn1. The molecule has 0 radical (unpaired) electrons. The van der Waals surface area contributed by atoms with Crippen LogP contribution in [0.15, 0.2) is 22.8 Å². The second kappa shape index (κ2) is 4.19. The Morgan fingerprint density at radius 3 is 3.00 bits per heavy atom. The molecule has 1 aliphatic heterocycles. The third kappa shape index (κ3) is 2.01. The average molecular weight is 256 g/mol. The first-order chi connectivity index (χ1) is 6.77. The molecule has 1 atom stereocenters. The monoisotopic (exact) mass is 255 g/mol. The average Bonchev–Trinajstić information content (AvgIpc) is 2.20. The van der Waals surface area contributed by atoms with Crippen LogP contribution in [0.4, 0.5) is 0 Å². The number of aromatic nitrogens is 1.